The van der Waals surface area contributed by atoms with Crippen LogP contribution in [0.2, 0.25) is 5.02 Å². The first-order valence-corrected chi connectivity index (χ1v) is 6.27. The van der Waals surface area contributed by atoms with Gasteiger partial charge in [-0.15, -0.1) is 5.10 Å². The van der Waals surface area contributed by atoms with E-state index in [1.54, 1.807) is 24.4 Å². The van der Waals surface area contributed by atoms with E-state index in [-0.39, 0.29) is 0 Å². The number of nitrogens with zero attached hydrogens (tertiary/aromatic N) is 3. The van der Waals surface area contributed by atoms with Gasteiger partial charge in [0.05, 0.1) is 12.1 Å². The van der Waals surface area contributed by atoms with Gasteiger partial charge in [-0.2, -0.15) is 0 Å². The molecular formula is C14H10ClN3O2. The molecule has 0 N–H and O–H groups in total. The van der Waals surface area contributed by atoms with Gasteiger partial charge in [0.2, 0.25) is 0 Å². The van der Waals surface area contributed by atoms with E-state index >= 15 is 0 Å². The van der Waals surface area contributed by atoms with Crippen LogP contribution in [-0.4, -0.2) is 27.7 Å². The van der Waals surface area contributed by atoms with Gasteiger partial charge in [-0.3, -0.25) is 0 Å². The number of pyridine rings is 1. The number of hydrogen-bond donors (Lipinski definition) is 0. The van der Waals surface area contributed by atoms with E-state index in [2.05, 4.69) is 10.1 Å². The first-order valence-electron chi connectivity index (χ1n) is 5.89. The summed E-state index contributed by atoms with van der Waals surface area (Å²) in [5, 5.41) is 4.89. The van der Waals surface area contributed by atoms with Crippen LogP contribution in [0.4, 0.5) is 0 Å². The van der Waals surface area contributed by atoms with Crippen molar-refractivity contribution < 1.29 is 9.53 Å². The lowest BCUT2D eigenvalue weighted by Crippen LogP contribution is -2.04. The molecule has 1 aromatic carbocycles. The Morgan fingerprint density at radius 2 is 2.05 bits per heavy atom. The minimum atomic E-state index is -0.450. The van der Waals surface area contributed by atoms with Gasteiger partial charge in [0.1, 0.15) is 5.56 Å². The van der Waals surface area contributed by atoms with Crippen molar-refractivity contribution in [2.45, 2.75) is 0 Å². The molecule has 2 aromatic heterocycles. The zero-order chi connectivity index (χ0) is 14.1. The van der Waals surface area contributed by atoms with E-state index in [1.165, 1.54) is 11.6 Å². The summed E-state index contributed by atoms with van der Waals surface area (Å²) in [6.07, 6.45) is 1.72. The highest BCUT2D eigenvalue weighted by Crippen LogP contribution is 2.25. The molecular weight excluding hydrogens is 278 g/mol. The van der Waals surface area contributed by atoms with Crippen molar-refractivity contribution in [2.75, 3.05) is 7.11 Å². The average molecular weight is 288 g/mol. The van der Waals surface area contributed by atoms with Crippen molar-refractivity contribution in [1.82, 2.24) is 14.6 Å². The lowest BCUT2D eigenvalue weighted by Gasteiger charge is -1.99. The highest BCUT2D eigenvalue weighted by atomic mass is 35.5. The van der Waals surface area contributed by atoms with Crippen molar-refractivity contribution in [3.05, 3.63) is 53.2 Å². The Labute approximate surface area is 119 Å². The molecule has 0 unspecified atom stereocenters. The fourth-order valence-corrected chi connectivity index (χ4v) is 2.15. The summed E-state index contributed by atoms with van der Waals surface area (Å²) >= 11 is 6.14. The van der Waals surface area contributed by atoms with Crippen molar-refractivity contribution in [1.29, 1.82) is 0 Å². The Morgan fingerprint density at radius 1 is 1.25 bits per heavy atom. The molecule has 2 heterocycles. The van der Waals surface area contributed by atoms with Crippen LogP contribution in [0.5, 0.6) is 0 Å². The second kappa shape index (κ2) is 4.94. The standard InChI is InChI=1S/C14H10ClN3O2/c1-20-14(19)10-6-4-8-18-13(10)16-12(17-18)9-5-2-3-7-11(9)15/h2-8H,1H3. The van der Waals surface area contributed by atoms with Gasteiger partial charge in [-0.1, -0.05) is 23.7 Å². The van der Waals surface area contributed by atoms with E-state index in [4.69, 9.17) is 16.3 Å². The molecule has 0 fully saturated rings. The van der Waals surface area contributed by atoms with Gasteiger partial charge in [-0.25, -0.2) is 14.3 Å². The molecule has 5 nitrogen and oxygen atoms in total. The predicted molar refractivity (Wildman–Crippen MR) is 74.8 cm³/mol. The topological polar surface area (TPSA) is 56.5 Å². The molecule has 3 aromatic rings. The zero-order valence-corrected chi connectivity index (χ0v) is 11.3. The Kier molecular flexibility index (Phi) is 3.12. The van der Waals surface area contributed by atoms with Gasteiger partial charge in [-0.05, 0) is 24.3 Å². The van der Waals surface area contributed by atoms with E-state index in [0.717, 1.165) is 0 Å². The van der Waals surface area contributed by atoms with Crippen molar-refractivity contribution in [2.24, 2.45) is 0 Å². The van der Waals surface area contributed by atoms with Gasteiger partial charge in [0.25, 0.3) is 0 Å². The molecule has 0 saturated heterocycles. The maximum Gasteiger partial charge on any atom is 0.341 e. The molecule has 0 aliphatic heterocycles. The molecule has 0 radical (unpaired) electrons. The number of rotatable bonds is 2. The Balaban J connectivity index is 2.21. The Hall–Kier alpha value is -2.40. The second-order valence-corrected chi connectivity index (χ2v) is 4.50. The number of carbonyl (C=O) groups is 1. The molecule has 0 aliphatic carbocycles. The molecule has 0 amide bonds. The van der Waals surface area contributed by atoms with Crippen LogP contribution in [0.3, 0.4) is 0 Å². The van der Waals surface area contributed by atoms with E-state index in [1.807, 2.05) is 18.2 Å². The fraction of sp³-hybridized carbons (Fsp3) is 0.0714. The number of methoxy groups -OCH3 is 1. The minimum Gasteiger partial charge on any atom is -0.465 e. The lowest BCUT2D eigenvalue weighted by atomic mass is 10.2. The Morgan fingerprint density at radius 3 is 2.80 bits per heavy atom. The number of ether oxygens (including phenoxy) is 1. The van der Waals surface area contributed by atoms with Crippen LogP contribution in [0.25, 0.3) is 17.0 Å². The van der Waals surface area contributed by atoms with Gasteiger partial charge >= 0.3 is 5.97 Å². The second-order valence-electron chi connectivity index (χ2n) is 4.10. The normalized spacial score (nSPS) is 10.7. The number of hydrogen-bond acceptors (Lipinski definition) is 4. The maximum atomic E-state index is 11.7. The van der Waals surface area contributed by atoms with Crippen LogP contribution < -0.4 is 0 Å². The smallest absolute Gasteiger partial charge is 0.341 e. The van der Waals surface area contributed by atoms with Gasteiger partial charge < -0.3 is 4.74 Å². The highest BCUT2D eigenvalue weighted by molar-refractivity contribution is 6.33. The Bertz CT molecular complexity index is 798. The average Bonchev–Trinajstić information content (AvgIpc) is 2.90. The summed E-state index contributed by atoms with van der Waals surface area (Å²) < 4.78 is 6.27. The molecule has 20 heavy (non-hydrogen) atoms. The number of esters is 1. The number of aromatic nitrogens is 3. The summed E-state index contributed by atoms with van der Waals surface area (Å²) in [4.78, 5) is 16.1. The lowest BCUT2D eigenvalue weighted by molar-refractivity contribution is 0.0602. The van der Waals surface area contributed by atoms with Crippen LogP contribution >= 0.6 is 11.6 Å². The number of carbonyl (C=O) groups excluding carboxylic acids is 1. The summed E-state index contributed by atoms with van der Waals surface area (Å²) in [7, 11) is 1.33. The van der Waals surface area contributed by atoms with Crippen LogP contribution in [0, 0.1) is 0 Å². The molecule has 0 bridgehead atoms. The molecule has 0 atom stereocenters. The predicted octanol–water partition coefficient (Wildman–Crippen LogP) is 2.84. The molecule has 3 rings (SSSR count). The molecule has 0 saturated carbocycles. The fourth-order valence-electron chi connectivity index (χ4n) is 1.93. The van der Waals surface area contributed by atoms with Crippen LogP contribution in [0.1, 0.15) is 10.4 Å². The van der Waals surface area contributed by atoms with Crippen molar-refractivity contribution in [3.8, 4) is 11.4 Å². The van der Waals surface area contributed by atoms with Crippen LogP contribution in [0.15, 0.2) is 42.6 Å². The van der Waals surface area contributed by atoms with Crippen LogP contribution in [-0.2, 0) is 4.74 Å². The summed E-state index contributed by atoms with van der Waals surface area (Å²) in [5.74, 6) is 0.0145. The summed E-state index contributed by atoms with van der Waals surface area (Å²) in [6, 6.07) is 10.6. The minimum absolute atomic E-state index is 0.362. The van der Waals surface area contributed by atoms with E-state index < -0.39 is 5.97 Å². The third-order valence-electron chi connectivity index (χ3n) is 2.88. The number of fused-ring (bicyclic) bond motifs is 1. The molecule has 100 valence electrons. The van der Waals surface area contributed by atoms with E-state index in [0.29, 0.717) is 27.6 Å². The quantitative estimate of drug-likeness (QED) is 0.680. The maximum absolute atomic E-state index is 11.7. The monoisotopic (exact) mass is 287 g/mol. The third kappa shape index (κ3) is 2.02. The summed E-state index contributed by atoms with van der Waals surface area (Å²) in [6.45, 7) is 0. The molecule has 0 spiro atoms. The van der Waals surface area contributed by atoms with E-state index in [9.17, 15) is 4.79 Å². The zero-order valence-electron chi connectivity index (χ0n) is 10.6. The number of halogens is 1. The highest BCUT2D eigenvalue weighted by Gasteiger charge is 2.16. The van der Waals surface area contributed by atoms with Crippen molar-refractivity contribution >= 4 is 23.2 Å². The SMILES string of the molecule is COC(=O)c1cccn2nc(-c3ccccc3Cl)nc12. The first-order chi connectivity index (χ1) is 9.70. The molecule has 0 aliphatic rings. The van der Waals surface area contributed by atoms with Crippen molar-refractivity contribution in [3.63, 3.8) is 0 Å². The largest absolute Gasteiger partial charge is 0.465 e. The first kappa shape index (κ1) is 12.6. The van der Waals surface area contributed by atoms with Gasteiger partial charge in [0, 0.05) is 11.8 Å². The van der Waals surface area contributed by atoms with Gasteiger partial charge in [0.15, 0.2) is 11.5 Å². The summed E-state index contributed by atoms with van der Waals surface area (Å²) in [5.41, 5.74) is 1.52. The molecule has 6 heteroatoms. The third-order valence-corrected chi connectivity index (χ3v) is 3.21. The number of benzene rings is 1.